The Morgan fingerprint density at radius 2 is 2.00 bits per heavy atom. The second kappa shape index (κ2) is 6.35. The summed E-state index contributed by atoms with van der Waals surface area (Å²) in [7, 11) is 1.88. The lowest BCUT2D eigenvalue weighted by Crippen LogP contribution is -2.07. The van der Waals surface area contributed by atoms with E-state index in [0.29, 0.717) is 5.92 Å². The summed E-state index contributed by atoms with van der Waals surface area (Å²) < 4.78 is 0.961. The van der Waals surface area contributed by atoms with Gasteiger partial charge in [0.25, 0.3) is 0 Å². The lowest BCUT2D eigenvalue weighted by atomic mass is 10.1. The van der Waals surface area contributed by atoms with Crippen LogP contribution in [0.3, 0.4) is 0 Å². The number of halogens is 1. The molecule has 20 heavy (non-hydrogen) atoms. The summed E-state index contributed by atoms with van der Waals surface area (Å²) in [5.41, 5.74) is 3.55. The van der Waals surface area contributed by atoms with Gasteiger partial charge in [0, 0.05) is 13.5 Å². The fourth-order valence-electron chi connectivity index (χ4n) is 2.14. The lowest BCUT2D eigenvalue weighted by Gasteiger charge is -2.13. The van der Waals surface area contributed by atoms with Gasteiger partial charge in [-0.2, -0.15) is 0 Å². The third-order valence-corrected chi connectivity index (χ3v) is 3.93. The van der Waals surface area contributed by atoms with Crippen LogP contribution in [0.25, 0.3) is 0 Å². The van der Waals surface area contributed by atoms with Crippen LogP contribution in [0.15, 0.2) is 28.7 Å². The van der Waals surface area contributed by atoms with E-state index in [9.17, 15) is 0 Å². The first kappa shape index (κ1) is 15.0. The van der Waals surface area contributed by atoms with E-state index in [4.69, 9.17) is 4.98 Å². The quantitative estimate of drug-likeness (QED) is 0.906. The molecule has 0 spiro atoms. The Bertz CT molecular complexity index is 609. The van der Waals surface area contributed by atoms with Crippen molar-refractivity contribution in [3.05, 3.63) is 51.4 Å². The third kappa shape index (κ3) is 3.37. The fourth-order valence-corrected chi connectivity index (χ4v) is 2.98. The molecule has 0 fully saturated rings. The van der Waals surface area contributed by atoms with Gasteiger partial charge in [0.2, 0.25) is 0 Å². The van der Waals surface area contributed by atoms with Crippen LogP contribution in [0, 0.1) is 6.92 Å². The van der Waals surface area contributed by atoms with E-state index in [0.717, 1.165) is 28.2 Å². The molecule has 3 nitrogen and oxygen atoms in total. The highest BCUT2D eigenvalue weighted by molar-refractivity contribution is 9.10. The van der Waals surface area contributed by atoms with Gasteiger partial charge in [-0.1, -0.05) is 43.7 Å². The van der Waals surface area contributed by atoms with E-state index in [1.54, 1.807) is 0 Å². The number of aryl methyl sites for hydroxylation is 1. The largest absolute Gasteiger partial charge is 0.372 e. The van der Waals surface area contributed by atoms with Gasteiger partial charge in [0.05, 0.1) is 10.2 Å². The number of anilines is 1. The molecule has 0 aliphatic rings. The Hall–Kier alpha value is -1.42. The summed E-state index contributed by atoms with van der Waals surface area (Å²) in [4.78, 5) is 9.30. The molecule has 0 amide bonds. The number of nitrogens with one attached hydrogen (secondary N) is 1. The van der Waals surface area contributed by atoms with Crippen LogP contribution in [-0.2, 0) is 6.42 Å². The first-order valence-electron chi connectivity index (χ1n) is 6.81. The van der Waals surface area contributed by atoms with E-state index in [-0.39, 0.29) is 0 Å². The van der Waals surface area contributed by atoms with E-state index >= 15 is 0 Å². The Morgan fingerprint density at radius 1 is 1.25 bits per heavy atom. The second-order valence-electron chi connectivity index (χ2n) is 5.26. The van der Waals surface area contributed by atoms with Gasteiger partial charge in [0.1, 0.15) is 11.6 Å². The van der Waals surface area contributed by atoms with Crippen LogP contribution in [0.2, 0.25) is 0 Å². The van der Waals surface area contributed by atoms with Crippen LogP contribution >= 0.6 is 15.9 Å². The number of hydrogen-bond acceptors (Lipinski definition) is 3. The lowest BCUT2D eigenvalue weighted by molar-refractivity contribution is 0.785. The summed E-state index contributed by atoms with van der Waals surface area (Å²) in [5, 5.41) is 3.13. The van der Waals surface area contributed by atoms with Crippen molar-refractivity contribution in [1.29, 1.82) is 0 Å². The molecule has 0 aliphatic heterocycles. The zero-order valence-electron chi connectivity index (χ0n) is 12.4. The highest BCUT2D eigenvalue weighted by Crippen LogP contribution is 2.29. The summed E-state index contributed by atoms with van der Waals surface area (Å²) in [5.74, 6) is 2.06. The first-order chi connectivity index (χ1) is 9.51. The molecule has 0 aliphatic carbocycles. The van der Waals surface area contributed by atoms with Crippen LogP contribution in [-0.4, -0.2) is 17.0 Å². The number of rotatable bonds is 4. The van der Waals surface area contributed by atoms with Crippen molar-refractivity contribution in [2.75, 3.05) is 12.4 Å². The molecule has 1 aromatic carbocycles. The Labute approximate surface area is 129 Å². The molecule has 0 saturated heterocycles. The molecular formula is C16H20BrN3. The van der Waals surface area contributed by atoms with Gasteiger partial charge in [-0.15, -0.1) is 0 Å². The zero-order chi connectivity index (χ0) is 14.7. The number of aromatic nitrogens is 2. The predicted molar refractivity (Wildman–Crippen MR) is 87.4 cm³/mol. The summed E-state index contributed by atoms with van der Waals surface area (Å²) >= 11 is 3.59. The molecule has 0 bridgehead atoms. The van der Waals surface area contributed by atoms with Crippen molar-refractivity contribution in [2.45, 2.75) is 33.1 Å². The minimum Gasteiger partial charge on any atom is -0.372 e. The van der Waals surface area contributed by atoms with E-state index in [1.165, 1.54) is 11.1 Å². The standard InChI is InChI=1S/C16H20BrN3/c1-10(2)15-14(17)16(18-4)20-13(19-15)9-12-7-5-6-11(3)8-12/h5-8,10H,9H2,1-4H3,(H,18,19,20). The highest BCUT2D eigenvalue weighted by Gasteiger charge is 2.14. The van der Waals surface area contributed by atoms with Crippen molar-refractivity contribution in [3.63, 3.8) is 0 Å². The van der Waals surface area contributed by atoms with Crippen molar-refractivity contribution >= 4 is 21.7 Å². The third-order valence-electron chi connectivity index (χ3n) is 3.15. The van der Waals surface area contributed by atoms with E-state index < -0.39 is 0 Å². The Morgan fingerprint density at radius 3 is 2.60 bits per heavy atom. The molecular weight excluding hydrogens is 314 g/mol. The van der Waals surface area contributed by atoms with Crippen molar-refractivity contribution < 1.29 is 0 Å². The molecule has 0 saturated carbocycles. The molecule has 0 atom stereocenters. The van der Waals surface area contributed by atoms with Gasteiger partial charge >= 0.3 is 0 Å². The normalized spacial score (nSPS) is 10.9. The number of nitrogens with zero attached hydrogens (tertiary/aromatic N) is 2. The molecule has 4 heteroatoms. The zero-order valence-corrected chi connectivity index (χ0v) is 14.0. The average molecular weight is 334 g/mol. The predicted octanol–water partition coefficient (Wildman–Crippen LogP) is 4.30. The first-order valence-corrected chi connectivity index (χ1v) is 7.60. The molecule has 1 aromatic heterocycles. The molecule has 1 heterocycles. The maximum atomic E-state index is 4.71. The minimum absolute atomic E-state index is 0.357. The second-order valence-corrected chi connectivity index (χ2v) is 6.05. The summed E-state index contributed by atoms with van der Waals surface area (Å²) in [6.45, 7) is 6.39. The maximum Gasteiger partial charge on any atom is 0.144 e. The van der Waals surface area contributed by atoms with Gasteiger partial charge in [-0.25, -0.2) is 9.97 Å². The van der Waals surface area contributed by atoms with Gasteiger partial charge in [-0.05, 0) is 34.3 Å². The molecule has 0 unspecified atom stereocenters. The van der Waals surface area contributed by atoms with E-state index in [1.807, 2.05) is 7.05 Å². The highest BCUT2D eigenvalue weighted by atomic mass is 79.9. The van der Waals surface area contributed by atoms with Crippen molar-refractivity contribution in [1.82, 2.24) is 9.97 Å². The Balaban J connectivity index is 2.39. The number of benzene rings is 1. The fraction of sp³-hybridized carbons (Fsp3) is 0.375. The minimum atomic E-state index is 0.357. The van der Waals surface area contributed by atoms with Crippen LogP contribution in [0.5, 0.6) is 0 Å². The molecule has 106 valence electrons. The van der Waals surface area contributed by atoms with Crippen LogP contribution < -0.4 is 5.32 Å². The smallest absolute Gasteiger partial charge is 0.144 e. The summed E-state index contributed by atoms with van der Waals surface area (Å²) in [6, 6.07) is 8.47. The maximum absolute atomic E-state index is 4.71. The monoisotopic (exact) mass is 333 g/mol. The van der Waals surface area contributed by atoms with Crippen LogP contribution in [0.1, 0.15) is 42.4 Å². The SMILES string of the molecule is CNc1nc(Cc2cccc(C)c2)nc(C(C)C)c1Br. The van der Waals surface area contributed by atoms with Gasteiger partial charge in [0.15, 0.2) is 0 Å². The number of hydrogen-bond donors (Lipinski definition) is 1. The van der Waals surface area contributed by atoms with E-state index in [2.05, 4.69) is 71.3 Å². The Kier molecular flexibility index (Phi) is 4.76. The van der Waals surface area contributed by atoms with Gasteiger partial charge < -0.3 is 5.32 Å². The molecule has 2 aromatic rings. The molecule has 1 N–H and O–H groups in total. The van der Waals surface area contributed by atoms with Crippen molar-refractivity contribution in [3.8, 4) is 0 Å². The summed E-state index contributed by atoms with van der Waals surface area (Å²) in [6.07, 6.45) is 0.753. The molecule has 2 rings (SSSR count). The van der Waals surface area contributed by atoms with Crippen LogP contribution in [0.4, 0.5) is 5.82 Å². The molecule has 0 radical (unpaired) electrons. The van der Waals surface area contributed by atoms with Gasteiger partial charge in [-0.3, -0.25) is 0 Å². The topological polar surface area (TPSA) is 37.8 Å². The average Bonchev–Trinajstić information content (AvgIpc) is 2.40. The van der Waals surface area contributed by atoms with Crippen molar-refractivity contribution in [2.24, 2.45) is 0 Å².